The van der Waals surface area contributed by atoms with Crippen molar-refractivity contribution in [3.05, 3.63) is 0 Å². The van der Waals surface area contributed by atoms with Gasteiger partial charge in [0.1, 0.15) is 21.8 Å². The third kappa shape index (κ3) is 6.06. The smallest absolute Gasteiger partial charge is 0.109 e. The number of hydrogen-bond donors (Lipinski definition) is 1. The summed E-state index contributed by atoms with van der Waals surface area (Å²) in [6, 6.07) is 0. The molecule has 26 heavy (non-hydrogen) atoms. The minimum Gasteiger partial charge on any atom is -0.299 e. The number of nitrogens with one attached hydrogen (secondary N) is 1. The Kier molecular flexibility index (Phi) is 9.49. The first-order chi connectivity index (χ1) is 12.9. The van der Waals surface area contributed by atoms with E-state index in [-0.39, 0.29) is 5.66 Å². The highest BCUT2D eigenvalue weighted by molar-refractivity contribution is 6.35. The van der Waals surface area contributed by atoms with Crippen LogP contribution < -0.4 is 5.32 Å². The van der Waals surface area contributed by atoms with Crippen molar-refractivity contribution in [3.63, 3.8) is 0 Å². The molecule has 3 saturated heterocycles. The fourth-order valence-electron chi connectivity index (χ4n) is 5.64. The van der Waals surface area contributed by atoms with E-state index in [4.69, 9.17) is 0 Å². The van der Waals surface area contributed by atoms with Gasteiger partial charge in [0.25, 0.3) is 0 Å². The monoisotopic (exact) mass is 353 g/mol. The molecule has 3 rings (SSSR count). The average molecular weight is 353 g/mol. The van der Waals surface area contributed by atoms with Gasteiger partial charge >= 0.3 is 0 Å². The van der Waals surface area contributed by atoms with E-state index in [0.717, 1.165) is 5.92 Å². The van der Waals surface area contributed by atoms with E-state index in [1.54, 1.807) is 0 Å². The summed E-state index contributed by atoms with van der Waals surface area (Å²) < 4.78 is 0. The van der Waals surface area contributed by atoms with E-state index in [1.165, 1.54) is 122 Å². The Morgan fingerprint density at radius 2 is 1.23 bits per heavy atom. The quantitative estimate of drug-likeness (QED) is 0.632. The summed E-state index contributed by atoms with van der Waals surface area (Å²) in [5.41, 5.74) is 0.284. The number of hydrogen-bond acceptors (Lipinski definition) is 2. The van der Waals surface area contributed by atoms with Gasteiger partial charge < -0.3 is 0 Å². The first-order valence-corrected chi connectivity index (χ1v) is 11.9. The summed E-state index contributed by atoms with van der Waals surface area (Å²) in [6.07, 6.45) is 21.8. The van der Waals surface area contributed by atoms with Gasteiger partial charge in [-0.1, -0.05) is 63.6 Å². The molecular formula is C21H40B3N2. The lowest BCUT2D eigenvalue weighted by Crippen LogP contribution is -2.64. The van der Waals surface area contributed by atoms with E-state index < -0.39 is 0 Å². The van der Waals surface area contributed by atoms with Gasteiger partial charge in [-0.3, -0.25) is 10.2 Å². The average Bonchev–Trinajstić information content (AvgIpc) is 2.67. The van der Waals surface area contributed by atoms with Crippen molar-refractivity contribution in [2.45, 2.75) is 108 Å². The van der Waals surface area contributed by atoms with Gasteiger partial charge in [-0.2, -0.15) is 0 Å². The Bertz CT molecular complexity index is 334. The van der Waals surface area contributed by atoms with E-state index in [2.05, 4.69) is 32.1 Å². The van der Waals surface area contributed by atoms with Crippen LogP contribution in [0.15, 0.2) is 0 Å². The van der Waals surface area contributed by atoms with Crippen molar-refractivity contribution in [1.29, 1.82) is 0 Å². The lowest BCUT2D eigenvalue weighted by atomic mass is 9.64. The molecule has 0 aliphatic carbocycles. The molecule has 0 amide bonds. The Hall–Kier alpha value is 0.115. The Labute approximate surface area is 165 Å². The third-order valence-electron chi connectivity index (χ3n) is 7.07. The Balaban J connectivity index is 1.86. The van der Waals surface area contributed by atoms with Crippen molar-refractivity contribution < 1.29 is 0 Å². The molecule has 0 aromatic heterocycles. The van der Waals surface area contributed by atoms with Crippen LogP contribution in [0.5, 0.6) is 0 Å². The van der Waals surface area contributed by atoms with Crippen LogP contribution in [0.2, 0.25) is 37.9 Å². The largest absolute Gasteiger partial charge is 0.299 e. The molecule has 0 aromatic carbocycles. The third-order valence-corrected chi connectivity index (χ3v) is 7.07. The molecule has 3 heterocycles. The van der Waals surface area contributed by atoms with Crippen LogP contribution in [0.3, 0.4) is 0 Å². The summed E-state index contributed by atoms with van der Waals surface area (Å²) in [7, 11) is 7.68. The van der Waals surface area contributed by atoms with Gasteiger partial charge in [-0.15, -0.1) is 0 Å². The molecule has 3 radical (unpaired) electrons. The fraction of sp³-hybridized carbons (Fsp3) is 1.00. The molecule has 2 nitrogen and oxygen atoms in total. The van der Waals surface area contributed by atoms with Gasteiger partial charge in [0.15, 0.2) is 0 Å². The van der Waals surface area contributed by atoms with E-state index in [1.807, 2.05) is 0 Å². The maximum atomic E-state index is 4.22. The highest BCUT2D eigenvalue weighted by Gasteiger charge is 2.42. The van der Waals surface area contributed by atoms with Crippen LogP contribution >= 0.6 is 0 Å². The molecule has 3 aliphatic rings. The predicted molar refractivity (Wildman–Crippen MR) is 118 cm³/mol. The molecule has 143 valence electrons. The zero-order chi connectivity index (χ0) is 17.9. The molecule has 0 saturated carbocycles. The molecule has 5 heteroatoms. The molecule has 2 unspecified atom stereocenters. The summed E-state index contributed by atoms with van der Waals surface area (Å²) in [6.45, 7) is 3.81. The topological polar surface area (TPSA) is 15.3 Å². The van der Waals surface area contributed by atoms with Crippen LogP contribution in [0.25, 0.3) is 0 Å². The number of nitrogens with zero attached hydrogens (tertiary/aromatic N) is 1. The van der Waals surface area contributed by atoms with Crippen LogP contribution in [0.1, 0.15) is 64.2 Å². The standard InChI is InChI=1S/C21H40B3N2/c1-2-11-22-15-6-18-26-19-7-16-24-13-4-9-20-8-3-12-23-14-5-17-25-21(20,26)10-1/h20,25H,1-19H2. The zero-order valence-electron chi connectivity index (χ0n) is 17.2. The van der Waals surface area contributed by atoms with Crippen molar-refractivity contribution >= 4 is 21.8 Å². The first kappa shape index (κ1) is 20.8. The van der Waals surface area contributed by atoms with E-state index in [9.17, 15) is 0 Å². The van der Waals surface area contributed by atoms with Crippen LogP contribution in [0.4, 0.5) is 0 Å². The van der Waals surface area contributed by atoms with Gasteiger partial charge in [0.2, 0.25) is 0 Å². The minimum atomic E-state index is 0.284. The summed E-state index contributed by atoms with van der Waals surface area (Å²) in [4.78, 5) is 2.95. The van der Waals surface area contributed by atoms with Crippen molar-refractivity contribution in [3.8, 4) is 0 Å². The van der Waals surface area contributed by atoms with Crippen LogP contribution in [-0.2, 0) is 0 Å². The Morgan fingerprint density at radius 1 is 0.654 bits per heavy atom. The van der Waals surface area contributed by atoms with Crippen LogP contribution in [0, 0.1) is 5.92 Å². The predicted octanol–water partition coefficient (Wildman–Crippen LogP) is 4.75. The van der Waals surface area contributed by atoms with Crippen molar-refractivity contribution in [2.24, 2.45) is 5.92 Å². The molecule has 0 bridgehead atoms. The maximum absolute atomic E-state index is 4.22. The molecule has 3 fully saturated rings. The van der Waals surface area contributed by atoms with Gasteiger partial charge in [0, 0.05) is 0 Å². The fourth-order valence-corrected chi connectivity index (χ4v) is 5.64. The normalized spacial score (nSPS) is 33.9. The lowest BCUT2D eigenvalue weighted by molar-refractivity contribution is -0.0182. The summed E-state index contributed by atoms with van der Waals surface area (Å²) in [5, 5.41) is 4.22. The van der Waals surface area contributed by atoms with Gasteiger partial charge in [-0.25, -0.2) is 0 Å². The second-order valence-electron chi connectivity index (χ2n) is 8.94. The maximum Gasteiger partial charge on any atom is 0.109 e. The molecule has 1 N–H and O–H groups in total. The number of rotatable bonds is 0. The van der Waals surface area contributed by atoms with E-state index >= 15 is 0 Å². The molecule has 1 spiro atoms. The molecule has 0 aromatic rings. The lowest BCUT2D eigenvalue weighted by Gasteiger charge is -2.51. The molecular weight excluding hydrogens is 313 g/mol. The van der Waals surface area contributed by atoms with E-state index in [0.29, 0.717) is 0 Å². The zero-order valence-corrected chi connectivity index (χ0v) is 17.2. The highest BCUT2D eigenvalue weighted by Crippen LogP contribution is 2.38. The second kappa shape index (κ2) is 11.8. The Morgan fingerprint density at radius 3 is 1.92 bits per heavy atom. The molecule has 2 atom stereocenters. The van der Waals surface area contributed by atoms with Crippen molar-refractivity contribution in [1.82, 2.24) is 10.2 Å². The highest BCUT2D eigenvalue weighted by atomic mass is 15.3. The van der Waals surface area contributed by atoms with Crippen molar-refractivity contribution in [2.75, 3.05) is 19.6 Å². The molecule has 3 aliphatic heterocycles. The van der Waals surface area contributed by atoms with Gasteiger partial charge in [-0.05, 0) is 64.1 Å². The summed E-state index contributed by atoms with van der Waals surface area (Å²) in [5.74, 6) is 0.837. The van der Waals surface area contributed by atoms with Crippen LogP contribution in [-0.4, -0.2) is 52.0 Å². The minimum absolute atomic E-state index is 0.284. The van der Waals surface area contributed by atoms with Gasteiger partial charge in [0.05, 0.1) is 5.66 Å². The first-order valence-electron chi connectivity index (χ1n) is 11.9. The SMILES string of the molecule is [B]1CCCNC23CCCC[B]CCCN2CCC[B]CCCC3CCC1. The summed E-state index contributed by atoms with van der Waals surface area (Å²) >= 11 is 0. The second-order valence-corrected chi connectivity index (χ2v) is 8.94.